The van der Waals surface area contributed by atoms with Crippen LogP contribution in [0.25, 0.3) is 0 Å². The van der Waals surface area contributed by atoms with Gasteiger partial charge in [0.2, 0.25) is 5.91 Å². The highest BCUT2D eigenvalue weighted by molar-refractivity contribution is 5.85. The van der Waals surface area contributed by atoms with Gasteiger partial charge in [-0.3, -0.25) is 4.79 Å². The van der Waals surface area contributed by atoms with E-state index in [0.29, 0.717) is 0 Å². The molecule has 0 aromatic heterocycles. The van der Waals surface area contributed by atoms with Crippen LogP contribution in [0.4, 0.5) is 0 Å². The molecule has 0 saturated carbocycles. The lowest BCUT2D eigenvalue weighted by Gasteiger charge is -2.37. The first-order valence-electron chi connectivity index (χ1n) is 8.37. The van der Waals surface area contributed by atoms with Crippen LogP contribution in [0.3, 0.4) is 0 Å². The fourth-order valence-corrected chi connectivity index (χ4v) is 3.47. The zero-order chi connectivity index (χ0) is 15.5. The van der Waals surface area contributed by atoms with Crippen molar-refractivity contribution in [2.45, 2.75) is 44.8 Å². The van der Waals surface area contributed by atoms with E-state index in [1.54, 1.807) is 0 Å². The molecule has 2 aliphatic rings. The predicted octanol–water partition coefficient (Wildman–Crippen LogP) is 2.83. The molecule has 2 heterocycles. The first-order valence-corrected chi connectivity index (χ1v) is 8.37. The molecule has 23 heavy (non-hydrogen) atoms. The van der Waals surface area contributed by atoms with Crippen LogP contribution >= 0.6 is 12.4 Å². The van der Waals surface area contributed by atoms with Gasteiger partial charge in [-0.1, -0.05) is 29.8 Å². The Morgan fingerprint density at radius 1 is 1.17 bits per heavy atom. The molecule has 2 atom stereocenters. The summed E-state index contributed by atoms with van der Waals surface area (Å²) in [6, 6.07) is 8.62. The molecule has 0 bridgehead atoms. The Kier molecular flexibility index (Phi) is 6.45. The van der Waals surface area contributed by atoms with Gasteiger partial charge >= 0.3 is 0 Å². The number of aryl methyl sites for hydroxylation is 1. The SMILES string of the molecule is Cc1ccc(C2OCCCC2C(=O)N2CCC(N)CC2)cc1.Cl. The minimum atomic E-state index is -0.0996. The van der Waals surface area contributed by atoms with Crippen LogP contribution in [-0.4, -0.2) is 36.5 Å². The van der Waals surface area contributed by atoms with Crippen molar-refractivity contribution in [3.05, 3.63) is 35.4 Å². The summed E-state index contributed by atoms with van der Waals surface area (Å²) >= 11 is 0. The van der Waals surface area contributed by atoms with Crippen molar-refractivity contribution >= 4 is 18.3 Å². The average molecular weight is 339 g/mol. The maximum atomic E-state index is 12.9. The topological polar surface area (TPSA) is 55.6 Å². The monoisotopic (exact) mass is 338 g/mol. The van der Waals surface area contributed by atoms with Crippen molar-refractivity contribution in [3.8, 4) is 0 Å². The Bertz CT molecular complexity index is 512. The largest absolute Gasteiger partial charge is 0.373 e. The molecule has 4 nitrogen and oxygen atoms in total. The van der Waals surface area contributed by atoms with Gasteiger partial charge in [0, 0.05) is 25.7 Å². The van der Waals surface area contributed by atoms with Crippen molar-refractivity contribution in [2.24, 2.45) is 11.7 Å². The fraction of sp³-hybridized carbons (Fsp3) is 0.611. The second kappa shape index (κ2) is 8.13. The third kappa shape index (κ3) is 4.25. The fourth-order valence-electron chi connectivity index (χ4n) is 3.47. The number of piperidine rings is 1. The van der Waals surface area contributed by atoms with E-state index in [1.807, 2.05) is 4.90 Å². The molecule has 2 fully saturated rings. The molecule has 2 aliphatic heterocycles. The Balaban J connectivity index is 0.00000192. The number of carbonyl (C=O) groups is 1. The van der Waals surface area contributed by atoms with E-state index in [2.05, 4.69) is 31.2 Å². The van der Waals surface area contributed by atoms with E-state index < -0.39 is 0 Å². The van der Waals surface area contributed by atoms with Crippen molar-refractivity contribution in [1.82, 2.24) is 4.90 Å². The summed E-state index contributed by atoms with van der Waals surface area (Å²) in [6.45, 7) is 4.40. The van der Waals surface area contributed by atoms with E-state index in [9.17, 15) is 4.79 Å². The number of rotatable bonds is 2. The van der Waals surface area contributed by atoms with E-state index in [1.165, 1.54) is 5.56 Å². The minimum Gasteiger partial charge on any atom is -0.373 e. The van der Waals surface area contributed by atoms with Gasteiger partial charge in [0.1, 0.15) is 0 Å². The summed E-state index contributed by atoms with van der Waals surface area (Å²) in [5.41, 5.74) is 8.30. The molecule has 5 heteroatoms. The lowest BCUT2D eigenvalue weighted by molar-refractivity contribution is -0.146. The van der Waals surface area contributed by atoms with Crippen LogP contribution in [0.5, 0.6) is 0 Å². The molecule has 128 valence electrons. The zero-order valence-corrected chi connectivity index (χ0v) is 14.6. The van der Waals surface area contributed by atoms with Crippen LogP contribution in [0.1, 0.15) is 42.9 Å². The van der Waals surface area contributed by atoms with Gasteiger partial charge in [0.05, 0.1) is 12.0 Å². The van der Waals surface area contributed by atoms with Gasteiger partial charge < -0.3 is 15.4 Å². The normalized spacial score (nSPS) is 25.7. The summed E-state index contributed by atoms with van der Waals surface area (Å²) in [6.07, 6.45) is 3.60. The van der Waals surface area contributed by atoms with Crippen LogP contribution in [0, 0.1) is 12.8 Å². The number of carbonyl (C=O) groups excluding carboxylic acids is 1. The second-order valence-electron chi connectivity index (χ2n) is 6.61. The highest BCUT2D eigenvalue weighted by atomic mass is 35.5. The molecule has 2 unspecified atom stereocenters. The Morgan fingerprint density at radius 2 is 1.83 bits per heavy atom. The quantitative estimate of drug-likeness (QED) is 0.902. The third-order valence-electron chi connectivity index (χ3n) is 4.90. The molecular weight excluding hydrogens is 312 g/mol. The van der Waals surface area contributed by atoms with Crippen molar-refractivity contribution < 1.29 is 9.53 Å². The number of nitrogens with two attached hydrogens (primary N) is 1. The second-order valence-corrected chi connectivity index (χ2v) is 6.61. The highest BCUT2D eigenvalue weighted by Gasteiger charge is 2.36. The summed E-state index contributed by atoms with van der Waals surface area (Å²) < 4.78 is 5.98. The lowest BCUT2D eigenvalue weighted by Crippen LogP contribution is -2.47. The maximum absolute atomic E-state index is 12.9. The molecule has 2 saturated heterocycles. The van der Waals surface area contributed by atoms with Gasteiger partial charge in [0.25, 0.3) is 0 Å². The van der Waals surface area contributed by atoms with Gasteiger partial charge in [-0.2, -0.15) is 0 Å². The number of ether oxygens (including phenoxy) is 1. The first kappa shape index (κ1) is 18.2. The standard InChI is InChI=1S/C18H26N2O2.ClH/c1-13-4-6-14(7-5-13)17-16(3-2-12-22-17)18(21)20-10-8-15(19)9-11-20;/h4-7,15-17H,2-3,8-12,19H2,1H3;1H. The van der Waals surface area contributed by atoms with Crippen LogP contribution < -0.4 is 5.73 Å². The van der Waals surface area contributed by atoms with Gasteiger partial charge in [-0.15, -0.1) is 12.4 Å². The van der Waals surface area contributed by atoms with Crippen molar-refractivity contribution in [2.75, 3.05) is 19.7 Å². The average Bonchev–Trinajstić information content (AvgIpc) is 2.56. The number of hydrogen-bond acceptors (Lipinski definition) is 3. The van der Waals surface area contributed by atoms with E-state index in [0.717, 1.165) is 50.9 Å². The van der Waals surface area contributed by atoms with Crippen molar-refractivity contribution in [1.29, 1.82) is 0 Å². The summed E-state index contributed by atoms with van der Waals surface area (Å²) in [4.78, 5) is 14.9. The smallest absolute Gasteiger partial charge is 0.228 e. The van der Waals surface area contributed by atoms with Crippen LogP contribution in [-0.2, 0) is 9.53 Å². The molecule has 1 amide bonds. The summed E-state index contributed by atoms with van der Waals surface area (Å²) in [5.74, 6) is 0.197. The van der Waals surface area contributed by atoms with Gasteiger partial charge in [-0.05, 0) is 38.2 Å². The number of halogens is 1. The number of amides is 1. The minimum absolute atomic E-state index is 0. The number of likely N-dealkylation sites (tertiary alicyclic amines) is 1. The molecule has 1 aromatic carbocycles. The van der Waals surface area contributed by atoms with Crippen molar-refractivity contribution in [3.63, 3.8) is 0 Å². The Labute approximate surface area is 144 Å². The number of hydrogen-bond donors (Lipinski definition) is 1. The van der Waals surface area contributed by atoms with Gasteiger partial charge in [-0.25, -0.2) is 0 Å². The van der Waals surface area contributed by atoms with E-state index in [-0.39, 0.29) is 36.4 Å². The first-order chi connectivity index (χ1) is 10.6. The molecule has 0 radical (unpaired) electrons. The highest BCUT2D eigenvalue weighted by Crippen LogP contribution is 2.35. The van der Waals surface area contributed by atoms with E-state index >= 15 is 0 Å². The molecule has 1 aromatic rings. The molecule has 3 rings (SSSR count). The third-order valence-corrected chi connectivity index (χ3v) is 4.90. The molecule has 0 aliphatic carbocycles. The maximum Gasteiger partial charge on any atom is 0.228 e. The Hall–Kier alpha value is -1.10. The molecular formula is C18H27ClN2O2. The van der Waals surface area contributed by atoms with Gasteiger partial charge in [0.15, 0.2) is 0 Å². The molecule has 0 spiro atoms. The van der Waals surface area contributed by atoms with Crippen LogP contribution in [0.15, 0.2) is 24.3 Å². The van der Waals surface area contributed by atoms with E-state index in [4.69, 9.17) is 10.5 Å². The lowest BCUT2D eigenvalue weighted by atomic mass is 9.87. The van der Waals surface area contributed by atoms with Crippen LogP contribution in [0.2, 0.25) is 0 Å². The predicted molar refractivity (Wildman–Crippen MR) is 93.6 cm³/mol. The zero-order valence-electron chi connectivity index (χ0n) is 13.7. The summed E-state index contributed by atoms with van der Waals surface area (Å²) in [5, 5.41) is 0. The molecule has 2 N–H and O–H groups in total. The summed E-state index contributed by atoms with van der Waals surface area (Å²) in [7, 11) is 0. The Morgan fingerprint density at radius 3 is 2.48 bits per heavy atom. The number of benzene rings is 1. The number of nitrogens with zero attached hydrogens (tertiary/aromatic N) is 1.